The van der Waals surface area contributed by atoms with E-state index >= 15 is 0 Å². The lowest BCUT2D eigenvalue weighted by atomic mass is 9.88. The van der Waals surface area contributed by atoms with Gasteiger partial charge in [0.25, 0.3) is 11.8 Å². The number of hydrogen-bond donors (Lipinski definition) is 1. The molecule has 0 radical (unpaired) electrons. The van der Waals surface area contributed by atoms with Gasteiger partial charge >= 0.3 is 0 Å². The molecule has 0 saturated carbocycles. The summed E-state index contributed by atoms with van der Waals surface area (Å²) < 4.78 is 16.1. The molecule has 0 bridgehead atoms. The fourth-order valence-corrected chi connectivity index (χ4v) is 7.49. The number of aromatic nitrogens is 3. The molecule has 4 aromatic rings. The lowest BCUT2D eigenvalue weighted by molar-refractivity contribution is -0.121. The maximum Gasteiger partial charge on any atom is 0.255 e. The Hall–Kier alpha value is -3.60. The molecule has 8 nitrogen and oxygen atoms in total. The lowest BCUT2D eigenvalue weighted by Gasteiger charge is -2.31. The van der Waals surface area contributed by atoms with E-state index in [0.717, 1.165) is 43.6 Å². The Morgan fingerprint density at radius 2 is 1.95 bits per heavy atom. The van der Waals surface area contributed by atoms with E-state index in [-0.39, 0.29) is 25.4 Å². The zero-order valence-electron chi connectivity index (χ0n) is 23.8. The quantitative estimate of drug-likeness (QED) is 0.271. The zero-order valence-corrected chi connectivity index (χ0v) is 25.4. The van der Waals surface area contributed by atoms with E-state index in [9.17, 15) is 14.0 Å². The van der Waals surface area contributed by atoms with Crippen LogP contribution in [-0.4, -0.2) is 62.0 Å². The summed E-state index contributed by atoms with van der Waals surface area (Å²) in [5.41, 5.74) is 5.30. The number of nitrogens with zero attached hydrogens (tertiary/aromatic N) is 5. The van der Waals surface area contributed by atoms with E-state index in [4.69, 9.17) is 11.6 Å². The molecule has 222 valence electrons. The van der Waals surface area contributed by atoms with Crippen molar-refractivity contribution in [1.29, 1.82) is 0 Å². The number of fused-ring (bicyclic) bond motifs is 2. The first-order chi connectivity index (χ1) is 20.9. The predicted octanol–water partition coefficient (Wildman–Crippen LogP) is 6.09. The van der Waals surface area contributed by atoms with Crippen molar-refractivity contribution < 1.29 is 14.0 Å². The number of nitrogens with one attached hydrogen (secondary N) is 1. The second kappa shape index (κ2) is 11.5. The van der Waals surface area contributed by atoms with Gasteiger partial charge in [-0.3, -0.25) is 14.9 Å². The molecule has 3 aliphatic rings. The monoisotopic (exact) mass is 618 g/mol. The molecule has 2 atom stereocenters. The predicted molar refractivity (Wildman–Crippen MR) is 165 cm³/mol. The van der Waals surface area contributed by atoms with Crippen molar-refractivity contribution in [2.45, 2.75) is 57.4 Å². The van der Waals surface area contributed by atoms with Gasteiger partial charge in [0.2, 0.25) is 0 Å². The van der Waals surface area contributed by atoms with Crippen molar-refractivity contribution in [3.8, 4) is 11.1 Å². The summed E-state index contributed by atoms with van der Waals surface area (Å²) >= 11 is 8.09. The van der Waals surface area contributed by atoms with E-state index in [1.54, 1.807) is 22.5 Å². The average molecular weight is 619 g/mol. The average Bonchev–Trinajstić information content (AvgIpc) is 3.81. The highest BCUT2D eigenvalue weighted by molar-refractivity contribution is 7.13. The molecule has 3 aliphatic heterocycles. The molecule has 2 aromatic heterocycles. The molecule has 1 saturated heterocycles. The number of carbonyl (C=O) groups excluding carboxylic acids is 2. The molecule has 1 fully saturated rings. The van der Waals surface area contributed by atoms with Gasteiger partial charge in [-0.2, -0.15) is 0 Å². The van der Waals surface area contributed by atoms with Crippen LogP contribution >= 0.6 is 22.9 Å². The van der Waals surface area contributed by atoms with Crippen LogP contribution in [0, 0.1) is 0 Å². The Labute approximate surface area is 258 Å². The standard InChI is InChI=1S/C32H32ClFN6O2S/c1-2-38-10-7-21(8-11-38)19-3-5-20(6-4-19)22-13-24-25(26(33)14-22)17-40(31(24)42)29(30(41)37-32-35-9-12-43-32)28-27-15-23(34)16-39(27)18-36-28/h3-6,9,12-14,18,21,23,29H,2,7-8,10-11,15-17H2,1H3,(H,35,37,41)/t23-,29?/m1/s1. The highest BCUT2D eigenvalue weighted by atomic mass is 35.5. The Morgan fingerprint density at radius 3 is 2.67 bits per heavy atom. The summed E-state index contributed by atoms with van der Waals surface area (Å²) in [7, 11) is 0. The molecule has 0 spiro atoms. The van der Waals surface area contributed by atoms with Gasteiger partial charge in [-0.25, -0.2) is 14.4 Å². The topological polar surface area (TPSA) is 83.4 Å². The van der Waals surface area contributed by atoms with Crippen LogP contribution in [0.1, 0.15) is 64.6 Å². The first kappa shape index (κ1) is 28.2. The molecule has 1 unspecified atom stereocenters. The van der Waals surface area contributed by atoms with Gasteiger partial charge in [0.1, 0.15) is 6.17 Å². The van der Waals surface area contributed by atoms with E-state index < -0.39 is 18.1 Å². The first-order valence-corrected chi connectivity index (χ1v) is 16.0. The minimum atomic E-state index is -1.07. The van der Waals surface area contributed by atoms with Crippen LogP contribution in [0.5, 0.6) is 0 Å². The van der Waals surface area contributed by atoms with Crippen molar-refractivity contribution in [2.75, 3.05) is 25.0 Å². The summed E-state index contributed by atoms with van der Waals surface area (Å²) in [5, 5.41) is 5.46. The SMILES string of the molecule is CCN1CCC(c2ccc(-c3cc(Cl)c4c(c3)C(=O)N(C(C(=O)Nc3nccs3)c3ncn5c3C[C@@H](F)C5)C4)cc2)CC1. The number of benzene rings is 2. The minimum Gasteiger partial charge on any atom is -0.331 e. The van der Waals surface area contributed by atoms with Gasteiger partial charge in [0, 0.05) is 46.4 Å². The van der Waals surface area contributed by atoms with Crippen molar-refractivity contribution in [3.05, 3.63) is 87.4 Å². The Morgan fingerprint density at radius 1 is 1.16 bits per heavy atom. The minimum absolute atomic E-state index is 0.143. The summed E-state index contributed by atoms with van der Waals surface area (Å²) in [6.07, 6.45) is 4.54. The molecule has 0 aliphatic carbocycles. The van der Waals surface area contributed by atoms with Crippen LogP contribution < -0.4 is 5.32 Å². The lowest BCUT2D eigenvalue weighted by Crippen LogP contribution is -2.38. The molecule has 43 heavy (non-hydrogen) atoms. The number of halogens is 2. The number of alkyl halides is 1. The molecule has 5 heterocycles. The molecular formula is C32H32ClFN6O2S. The summed E-state index contributed by atoms with van der Waals surface area (Å²) in [5.74, 6) is -0.203. The Kier molecular flexibility index (Phi) is 7.53. The van der Waals surface area contributed by atoms with Gasteiger partial charge in [-0.05, 0) is 67.2 Å². The molecule has 7 rings (SSSR count). The van der Waals surface area contributed by atoms with Crippen LogP contribution in [0.2, 0.25) is 5.02 Å². The van der Waals surface area contributed by atoms with E-state index in [1.165, 1.54) is 21.8 Å². The van der Waals surface area contributed by atoms with Gasteiger partial charge in [0.05, 0.1) is 18.6 Å². The Balaban J connectivity index is 1.17. The van der Waals surface area contributed by atoms with Gasteiger partial charge < -0.3 is 14.4 Å². The maximum atomic E-state index is 14.3. The molecule has 11 heteroatoms. The fourth-order valence-electron chi connectivity index (χ4n) is 6.68. The van der Waals surface area contributed by atoms with Gasteiger partial charge in [-0.1, -0.05) is 42.8 Å². The zero-order chi connectivity index (χ0) is 29.7. The fraction of sp³-hybridized carbons (Fsp3) is 0.375. The molecule has 1 N–H and O–H groups in total. The number of likely N-dealkylation sites (tertiary alicyclic amines) is 1. The van der Waals surface area contributed by atoms with Crippen LogP contribution in [0.4, 0.5) is 9.52 Å². The third-order valence-corrected chi connectivity index (χ3v) is 10.1. The van der Waals surface area contributed by atoms with E-state index in [1.807, 2.05) is 12.1 Å². The Bertz CT molecular complexity index is 1670. The van der Waals surface area contributed by atoms with Gasteiger partial charge in [0.15, 0.2) is 11.2 Å². The molecular weight excluding hydrogens is 587 g/mol. The van der Waals surface area contributed by atoms with E-state index in [0.29, 0.717) is 38.6 Å². The summed E-state index contributed by atoms with van der Waals surface area (Å²) in [6, 6.07) is 11.3. The number of carbonyl (C=O) groups is 2. The van der Waals surface area contributed by atoms with Crippen molar-refractivity contribution in [3.63, 3.8) is 0 Å². The third kappa shape index (κ3) is 5.25. The number of anilines is 1. The van der Waals surface area contributed by atoms with Crippen molar-refractivity contribution in [2.24, 2.45) is 0 Å². The number of hydrogen-bond acceptors (Lipinski definition) is 6. The maximum absolute atomic E-state index is 14.3. The summed E-state index contributed by atoms with van der Waals surface area (Å²) in [6.45, 7) is 5.89. The smallest absolute Gasteiger partial charge is 0.255 e. The van der Waals surface area contributed by atoms with Crippen LogP contribution in [0.15, 0.2) is 54.3 Å². The second-order valence-corrected chi connectivity index (χ2v) is 12.8. The highest BCUT2D eigenvalue weighted by Gasteiger charge is 2.42. The first-order valence-electron chi connectivity index (χ1n) is 14.7. The molecule has 2 aromatic carbocycles. The normalized spacial score (nSPS) is 19.5. The molecule has 2 amide bonds. The van der Waals surface area contributed by atoms with Crippen LogP contribution in [-0.2, 0) is 24.3 Å². The van der Waals surface area contributed by atoms with E-state index in [2.05, 4.69) is 51.4 Å². The summed E-state index contributed by atoms with van der Waals surface area (Å²) in [4.78, 5) is 40.4. The third-order valence-electron chi connectivity index (χ3n) is 9.04. The number of amides is 2. The number of piperidine rings is 1. The van der Waals surface area contributed by atoms with Crippen LogP contribution in [0.25, 0.3) is 11.1 Å². The number of thiazole rings is 1. The van der Waals surface area contributed by atoms with Crippen molar-refractivity contribution in [1.82, 2.24) is 24.3 Å². The van der Waals surface area contributed by atoms with Crippen molar-refractivity contribution >= 4 is 39.9 Å². The highest BCUT2D eigenvalue weighted by Crippen LogP contribution is 2.40. The number of rotatable bonds is 7. The number of imidazole rings is 1. The van der Waals surface area contributed by atoms with Gasteiger partial charge in [-0.15, -0.1) is 11.3 Å². The largest absolute Gasteiger partial charge is 0.331 e. The second-order valence-electron chi connectivity index (χ2n) is 11.5. The van der Waals surface area contributed by atoms with Crippen LogP contribution in [0.3, 0.4) is 0 Å².